The van der Waals surface area contributed by atoms with E-state index in [1.54, 1.807) is 0 Å². The molecule has 2 atom stereocenters. The average Bonchev–Trinajstić information content (AvgIpc) is 2.92. The minimum absolute atomic E-state index is 0.0101. The Morgan fingerprint density at radius 2 is 2.32 bits per heavy atom. The molecule has 0 bridgehead atoms. The first-order valence-electron chi connectivity index (χ1n) is 6.98. The monoisotopic (exact) mass is 261 g/mol. The van der Waals surface area contributed by atoms with Crippen LogP contribution in [0.2, 0.25) is 0 Å². The number of nitrogens with zero attached hydrogens (tertiary/aromatic N) is 2. The van der Waals surface area contributed by atoms with Gasteiger partial charge in [-0.2, -0.15) is 0 Å². The second-order valence-electron chi connectivity index (χ2n) is 5.27. The molecule has 1 N–H and O–H groups in total. The number of carbonyl (C=O) groups excluding carboxylic acids is 1. The zero-order valence-electron chi connectivity index (χ0n) is 11.2. The highest BCUT2D eigenvalue weighted by atomic mass is 16.5. The average molecular weight is 261 g/mol. The number of rotatable bonds is 2. The van der Waals surface area contributed by atoms with Gasteiger partial charge in [-0.15, -0.1) is 0 Å². The number of hydrogen-bond donors (Lipinski definition) is 1. The second-order valence-corrected chi connectivity index (χ2v) is 5.27. The van der Waals surface area contributed by atoms with Crippen LogP contribution < -0.4 is 5.32 Å². The van der Waals surface area contributed by atoms with Crippen LogP contribution in [-0.2, 0) is 16.0 Å². The van der Waals surface area contributed by atoms with Crippen LogP contribution in [0, 0.1) is 6.92 Å². The summed E-state index contributed by atoms with van der Waals surface area (Å²) in [5.41, 5.74) is 2.15. The SMILES string of the molecule is Cc1ncc2c(n1)CCC[C@@H]2NC(=O)[C@H]1CCCO1. The van der Waals surface area contributed by atoms with E-state index < -0.39 is 0 Å². The molecule has 1 aromatic heterocycles. The molecule has 3 rings (SSSR count). The lowest BCUT2D eigenvalue weighted by Gasteiger charge is -2.26. The molecule has 0 aromatic carbocycles. The number of nitrogens with one attached hydrogen (secondary N) is 1. The Balaban J connectivity index is 1.74. The maximum Gasteiger partial charge on any atom is 0.249 e. The molecular weight excluding hydrogens is 242 g/mol. The maximum absolute atomic E-state index is 12.1. The van der Waals surface area contributed by atoms with E-state index in [1.165, 1.54) is 0 Å². The van der Waals surface area contributed by atoms with Gasteiger partial charge >= 0.3 is 0 Å². The summed E-state index contributed by atoms with van der Waals surface area (Å²) in [5, 5.41) is 3.09. The lowest BCUT2D eigenvalue weighted by Crippen LogP contribution is -2.38. The Morgan fingerprint density at radius 1 is 1.42 bits per heavy atom. The molecule has 1 fully saturated rings. The quantitative estimate of drug-likeness (QED) is 0.875. The maximum atomic E-state index is 12.1. The topological polar surface area (TPSA) is 64.1 Å². The molecule has 19 heavy (non-hydrogen) atoms. The minimum Gasteiger partial charge on any atom is -0.368 e. The van der Waals surface area contributed by atoms with Crippen molar-refractivity contribution in [1.29, 1.82) is 0 Å². The third-order valence-corrected chi connectivity index (χ3v) is 3.84. The fourth-order valence-electron chi connectivity index (χ4n) is 2.85. The van der Waals surface area contributed by atoms with Gasteiger partial charge in [0, 0.05) is 24.1 Å². The summed E-state index contributed by atoms with van der Waals surface area (Å²) in [7, 11) is 0. The molecule has 1 saturated heterocycles. The molecule has 102 valence electrons. The number of hydrogen-bond acceptors (Lipinski definition) is 4. The van der Waals surface area contributed by atoms with Gasteiger partial charge in [0.15, 0.2) is 0 Å². The van der Waals surface area contributed by atoms with Crippen molar-refractivity contribution in [3.8, 4) is 0 Å². The Labute approximate surface area is 112 Å². The third kappa shape index (κ3) is 2.61. The number of aromatic nitrogens is 2. The van der Waals surface area contributed by atoms with Crippen molar-refractivity contribution >= 4 is 5.91 Å². The Hall–Kier alpha value is -1.49. The van der Waals surface area contributed by atoms with E-state index in [9.17, 15) is 4.79 Å². The highest BCUT2D eigenvalue weighted by molar-refractivity contribution is 5.81. The molecule has 2 heterocycles. The number of amides is 1. The van der Waals surface area contributed by atoms with Crippen LogP contribution in [0.15, 0.2) is 6.20 Å². The normalized spacial score (nSPS) is 25.9. The molecule has 5 heteroatoms. The predicted octanol–water partition coefficient (Wildman–Crippen LogP) is 1.46. The van der Waals surface area contributed by atoms with Gasteiger partial charge in [-0.25, -0.2) is 9.97 Å². The van der Waals surface area contributed by atoms with Gasteiger partial charge < -0.3 is 10.1 Å². The first kappa shape index (κ1) is 12.5. The van der Waals surface area contributed by atoms with Crippen molar-refractivity contribution < 1.29 is 9.53 Å². The van der Waals surface area contributed by atoms with Gasteiger partial charge in [0.1, 0.15) is 11.9 Å². The van der Waals surface area contributed by atoms with Gasteiger partial charge in [0.05, 0.1) is 6.04 Å². The van der Waals surface area contributed by atoms with Crippen LogP contribution in [0.1, 0.15) is 48.8 Å². The Bertz CT molecular complexity index is 484. The summed E-state index contributed by atoms with van der Waals surface area (Å²) in [6.07, 6.45) is 6.38. The van der Waals surface area contributed by atoms with E-state index in [0.29, 0.717) is 6.61 Å². The molecular formula is C14H19N3O2. The molecule has 1 amide bonds. The number of ether oxygens (including phenoxy) is 1. The first-order chi connectivity index (χ1) is 9.24. The fourth-order valence-corrected chi connectivity index (χ4v) is 2.85. The minimum atomic E-state index is -0.267. The van der Waals surface area contributed by atoms with Crippen LogP contribution >= 0.6 is 0 Å². The lowest BCUT2D eigenvalue weighted by molar-refractivity contribution is -0.130. The summed E-state index contributed by atoms with van der Waals surface area (Å²) in [4.78, 5) is 20.8. The molecule has 0 radical (unpaired) electrons. The second kappa shape index (κ2) is 5.25. The molecule has 0 unspecified atom stereocenters. The summed E-state index contributed by atoms with van der Waals surface area (Å²) in [6, 6.07) is 0.0426. The first-order valence-corrected chi connectivity index (χ1v) is 6.98. The number of carbonyl (C=O) groups is 1. The summed E-state index contributed by atoms with van der Waals surface area (Å²) in [6.45, 7) is 2.59. The van der Waals surface area contributed by atoms with Crippen molar-refractivity contribution in [2.75, 3.05) is 6.61 Å². The Kier molecular flexibility index (Phi) is 3.46. The van der Waals surface area contributed by atoms with Crippen LogP contribution in [0.25, 0.3) is 0 Å². The third-order valence-electron chi connectivity index (χ3n) is 3.84. The summed E-state index contributed by atoms with van der Waals surface area (Å²) >= 11 is 0. The van der Waals surface area contributed by atoms with Gasteiger partial charge in [-0.3, -0.25) is 4.79 Å². The van der Waals surface area contributed by atoms with Crippen molar-refractivity contribution in [3.05, 3.63) is 23.3 Å². The predicted molar refractivity (Wildman–Crippen MR) is 69.6 cm³/mol. The summed E-state index contributed by atoms with van der Waals surface area (Å²) < 4.78 is 5.42. The highest BCUT2D eigenvalue weighted by Gasteiger charge is 2.28. The molecule has 0 saturated carbocycles. The summed E-state index contributed by atoms with van der Waals surface area (Å²) in [5.74, 6) is 0.806. The van der Waals surface area contributed by atoms with E-state index in [0.717, 1.165) is 49.2 Å². The van der Waals surface area contributed by atoms with E-state index in [4.69, 9.17) is 4.74 Å². The van der Waals surface area contributed by atoms with E-state index in [-0.39, 0.29) is 18.1 Å². The zero-order chi connectivity index (χ0) is 13.2. The van der Waals surface area contributed by atoms with Gasteiger partial charge in [-0.05, 0) is 39.0 Å². The highest BCUT2D eigenvalue weighted by Crippen LogP contribution is 2.28. The van der Waals surface area contributed by atoms with Crippen molar-refractivity contribution in [3.63, 3.8) is 0 Å². The van der Waals surface area contributed by atoms with Crippen LogP contribution in [-0.4, -0.2) is 28.6 Å². The van der Waals surface area contributed by atoms with Gasteiger partial charge in [0.2, 0.25) is 5.91 Å². The molecule has 2 aliphatic rings. The largest absolute Gasteiger partial charge is 0.368 e. The van der Waals surface area contributed by atoms with Crippen LogP contribution in [0.3, 0.4) is 0 Å². The fraction of sp³-hybridized carbons (Fsp3) is 0.643. The van der Waals surface area contributed by atoms with E-state index in [2.05, 4.69) is 15.3 Å². The smallest absolute Gasteiger partial charge is 0.249 e. The molecule has 5 nitrogen and oxygen atoms in total. The molecule has 1 aliphatic heterocycles. The molecule has 1 aliphatic carbocycles. The van der Waals surface area contributed by atoms with Crippen molar-refractivity contribution in [2.45, 2.75) is 51.2 Å². The molecule has 1 aromatic rings. The van der Waals surface area contributed by atoms with E-state index >= 15 is 0 Å². The number of fused-ring (bicyclic) bond motifs is 1. The lowest BCUT2D eigenvalue weighted by atomic mass is 9.92. The van der Waals surface area contributed by atoms with Crippen LogP contribution in [0.5, 0.6) is 0 Å². The van der Waals surface area contributed by atoms with Crippen molar-refractivity contribution in [2.24, 2.45) is 0 Å². The van der Waals surface area contributed by atoms with Crippen molar-refractivity contribution in [1.82, 2.24) is 15.3 Å². The Morgan fingerprint density at radius 3 is 3.11 bits per heavy atom. The standard InChI is InChI=1S/C14H19N3O2/c1-9-15-8-10-11(16-9)4-2-5-12(10)17-14(18)13-6-3-7-19-13/h8,12-13H,2-7H2,1H3,(H,17,18)/t12-,13+/m0/s1. The number of aryl methyl sites for hydroxylation is 2. The zero-order valence-corrected chi connectivity index (χ0v) is 11.2. The van der Waals surface area contributed by atoms with Crippen LogP contribution in [0.4, 0.5) is 0 Å². The van der Waals surface area contributed by atoms with Gasteiger partial charge in [0.25, 0.3) is 0 Å². The molecule has 0 spiro atoms. The van der Waals surface area contributed by atoms with Gasteiger partial charge in [-0.1, -0.05) is 0 Å². The van der Waals surface area contributed by atoms with E-state index in [1.807, 2.05) is 13.1 Å².